The van der Waals surface area contributed by atoms with Gasteiger partial charge < -0.3 is 15.3 Å². The van der Waals surface area contributed by atoms with Crippen LogP contribution in [0.3, 0.4) is 0 Å². The fourth-order valence-corrected chi connectivity index (χ4v) is 6.08. The highest BCUT2D eigenvalue weighted by Gasteiger charge is 2.44. The largest absolute Gasteiger partial charge is 0.395 e. The molecule has 2 aliphatic carbocycles. The summed E-state index contributed by atoms with van der Waals surface area (Å²) < 4.78 is 53.8. The highest BCUT2D eigenvalue weighted by atomic mass is 32.2. The lowest BCUT2D eigenvalue weighted by molar-refractivity contribution is -0.0462. The quantitative estimate of drug-likeness (QED) is 0.470. The molecule has 1 amide bonds. The molecule has 0 bridgehead atoms. The van der Waals surface area contributed by atoms with Crippen LogP contribution in [0.2, 0.25) is 0 Å². The smallest absolute Gasteiger partial charge is 0.259 e. The maximum absolute atomic E-state index is 13.5. The summed E-state index contributed by atoms with van der Waals surface area (Å²) >= 11 is 0. The maximum atomic E-state index is 13.5. The number of anilines is 3. The van der Waals surface area contributed by atoms with Crippen LogP contribution in [0, 0.1) is 5.41 Å². The summed E-state index contributed by atoms with van der Waals surface area (Å²) in [6, 6.07) is 4.48. The molecule has 37 heavy (non-hydrogen) atoms. The number of hydrogen-bond acceptors (Lipinski definition) is 7. The van der Waals surface area contributed by atoms with Crippen LogP contribution in [0.1, 0.15) is 67.8 Å². The topological polar surface area (TPSA) is 129 Å². The first kappa shape index (κ1) is 25.8. The lowest BCUT2D eigenvalue weighted by Crippen LogP contribution is -2.35. The third-order valence-corrected chi connectivity index (χ3v) is 9.03. The minimum atomic E-state index is -3.72. The molecule has 3 aliphatic rings. The SMILES string of the molecule is O=C(Nc1cnn(C2CCC(F)(F)CC2)n1)c1ccc(NS(=O)(=O)CCO)cc1N1CCC2(CC1)CC2. The fraction of sp³-hybridized carbons (Fsp3) is 0.625. The average molecular weight is 539 g/mol. The summed E-state index contributed by atoms with van der Waals surface area (Å²) in [6.45, 7) is 1.02. The van der Waals surface area contributed by atoms with E-state index in [1.54, 1.807) is 12.1 Å². The molecule has 202 valence electrons. The molecule has 10 nitrogen and oxygen atoms in total. The first-order valence-corrected chi connectivity index (χ1v) is 14.3. The van der Waals surface area contributed by atoms with Crippen LogP contribution in [-0.4, -0.2) is 65.8 Å². The van der Waals surface area contributed by atoms with E-state index in [0.717, 1.165) is 25.9 Å². The number of rotatable bonds is 8. The van der Waals surface area contributed by atoms with Crippen molar-refractivity contribution in [2.75, 3.05) is 40.4 Å². The number of nitrogens with zero attached hydrogens (tertiary/aromatic N) is 4. The third-order valence-electron chi connectivity index (χ3n) is 7.76. The van der Waals surface area contributed by atoms with Crippen molar-refractivity contribution in [3.05, 3.63) is 30.0 Å². The molecule has 2 saturated carbocycles. The summed E-state index contributed by atoms with van der Waals surface area (Å²) in [5, 5.41) is 20.3. The van der Waals surface area contributed by atoms with E-state index in [1.165, 1.54) is 29.9 Å². The van der Waals surface area contributed by atoms with Crippen molar-refractivity contribution in [1.82, 2.24) is 15.0 Å². The van der Waals surface area contributed by atoms with Crippen LogP contribution < -0.4 is 14.9 Å². The first-order valence-electron chi connectivity index (χ1n) is 12.7. The van der Waals surface area contributed by atoms with Gasteiger partial charge in [-0.1, -0.05) is 0 Å². The lowest BCUT2D eigenvalue weighted by atomic mass is 9.93. The number of amides is 1. The van der Waals surface area contributed by atoms with Gasteiger partial charge in [0.1, 0.15) is 0 Å². The minimum absolute atomic E-state index is 0.213. The Morgan fingerprint density at radius 1 is 1.11 bits per heavy atom. The van der Waals surface area contributed by atoms with E-state index >= 15 is 0 Å². The number of aliphatic hydroxyl groups excluding tert-OH is 1. The summed E-state index contributed by atoms with van der Waals surface area (Å²) in [5.74, 6) is -3.28. The van der Waals surface area contributed by atoms with Crippen LogP contribution >= 0.6 is 0 Å². The normalized spacial score (nSPS) is 21.1. The maximum Gasteiger partial charge on any atom is 0.259 e. The van der Waals surface area contributed by atoms with Crippen LogP contribution in [0.25, 0.3) is 0 Å². The van der Waals surface area contributed by atoms with E-state index in [4.69, 9.17) is 5.11 Å². The monoisotopic (exact) mass is 538 g/mol. The first-order chi connectivity index (χ1) is 17.6. The van der Waals surface area contributed by atoms with Crippen LogP contribution in [-0.2, 0) is 10.0 Å². The summed E-state index contributed by atoms with van der Waals surface area (Å²) in [5.41, 5.74) is 1.70. The predicted octanol–water partition coefficient (Wildman–Crippen LogP) is 3.40. The van der Waals surface area contributed by atoms with Gasteiger partial charge in [0, 0.05) is 25.9 Å². The molecule has 3 fully saturated rings. The molecule has 1 aliphatic heterocycles. The molecule has 1 aromatic heterocycles. The van der Waals surface area contributed by atoms with Crippen molar-refractivity contribution in [3.8, 4) is 0 Å². The second-order valence-corrected chi connectivity index (χ2v) is 12.3. The van der Waals surface area contributed by atoms with Gasteiger partial charge in [-0.05, 0) is 62.1 Å². The Bertz CT molecular complexity index is 1240. The fourth-order valence-electron chi connectivity index (χ4n) is 5.25. The number of aromatic nitrogens is 3. The number of sulfonamides is 1. The zero-order valence-electron chi connectivity index (χ0n) is 20.5. The second-order valence-electron chi connectivity index (χ2n) is 10.5. The molecule has 13 heteroatoms. The Hall–Kier alpha value is -2.80. The number of hydrogen-bond donors (Lipinski definition) is 3. The van der Waals surface area contributed by atoms with Gasteiger partial charge >= 0.3 is 0 Å². The van der Waals surface area contributed by atoms with E-state index in [-0.39, 0.29) is 37.5 Å². The van der Waals surface area contributed by atoms with Crippen molar-refractivity contribution < 1.29 is 27.1 Å². The van der Waals surface area contributed by atoms with Crippen molar-refractivity contribution in [3.63, 3.8) is 0 Å². The lowest BCUT2D eigenvalue weighted by Gasteiger charge is -2.35. The molecule has 1 aromatic carbocycles. The molecule has 2 heterocycles. The number of alkyl halides is 2. The van der Waals surface area contributed by atoms with Gasteiger partial charge in [-0.2, -0.15) is 9.90 Å². The number of benzene rings is 1. The Labute approximate surface area is 214 Å². The zero-order valence-corrected chi connectivity index (χ0v) is 21.3. The summed E-state index contributed by atoms with van der Waals surface area (Å²) in [4.78, 5) is 16.8. The Morgan fingerprint density at radius 2 is 1.81 bits per heavy atom. The molecule has 5 rings (SSSR count). The molecule has 3 N–H and O–H groups in total. The molecule has 0 atom stereocenters. The van der Waals surface area contributed by atoms with Gasteiger partial charge in [-0.25, -0.2) is 17.2 Å². The van der Waals surface area contributed by atoms with Gasteiger partial charge in [-0.3, -0.25) is 9.52 Å². The molecule has 2 aromatic rings. The Kier molecular flexibility index (Phi) is 6.86. The number of carbonyl (C=O) groups excluding carboxylic acids is 1. The van der Waals surface area contributed by atoms with Crippen LogP contribution in [0.5, 0.6) is 0 Å². The predicted molar refractivity (Wildman–Crippen MR) is 134 cm³/mol. The molecular formula is C24H32F2N6O4S. The second kappa shape index (κ2) is 9.82. The Balaban J connectivity index is 1.34. The number of aliphatic hydroxyl groups is 1. The molecule has 0 unspecified atom stereocenters. The van der Waals surface area contributed by atoms with E-state index in [1.807, 2.05) is 0 Å². The van der Waals surface area contributed by atoms with Crippen LogP contribution in [0.4, 0.5) is 26.0 Å². The number of nitrogens with one attached hydrogen (secondary N) is 2. The molecule has 1 saturated heterocycles. The van der Waals surface area contributed by atoms with E-state index in [9.17, 15) is 22.0 Å². The average Bonchev–Trinajstić information content (AvgIpc) is 3.43. The third kappa shape index (κ3) is 6.03. The molecule has 1 spiro atoms. The van der Waals surface area contributed by atoms with Crippen molar-refractivity contribution >= 4 is 33.1 Å². The van der Waals surface area contributed by atoms with Crippen LogP contribution in [0.15, 0.2) is 24.4 Å². The van der Waals surface area contributed by atoms with Crippen molar-refractivity contribution in [1.29, 1.82) is 0 Å². The van der Waals surface area contributed by atoms with Crippen molar-refractivity contribution in [2.24, 2.45) is 5.41 Å². The minimum Gasteiger partial charge on any atom is -0.395 e. The van der Waals surface area contributed by atoms with E-state index in [2.05, 4.69) is 25.1 Å². The Morgan fingerprint density at radius 3 is 2.46 bits per heavy atom. The number of piperidine rings is 1. The zero-order chi connectivity index (χ0) is 26.3. The van der Waals surface area contributed by atoms with Gasteiger partial charge in [0.15, 0.2) is 5.82 Å². The highest BCUT2D eigenvalue weighted by molar-refractivity contribution is 7.92. The van der Waals surface area contributed by atoms with E-state index in [0.29, 0.717) is 22.4 Å². The van der Waals surface area contributed by atoms with Gasteiger partial charge in [0.25, 0.3) is 5.91 Å². The number of carbonyl (C=O) groups is 1. The van der Waals surface area contributed by atoms with Gasteiger partial charge in [0.05, 0.1) is 41.5 Å². The van der Waals surface area contributed by atoms with E-state index < -0.39 is 34.2 Å². The summed E-state index contributed by atoms with van der Waals surface area (Å²) in [6.07, 6.45) is 6.00. The van der Waals surface area contributed by atoms with Crippen molar-refractivity contribution in [2.45, 2.75) is 63.3 Å². The molecule has 0 radical (unpaired) electrons. The highest BCUT2D eigenvalue weighted by Crippen LogP contribution is 2.54. The summed E-state index contributed by atoms with van der Waals surface area (Å²) in [7, 11) is -3.72. The van der Waals surface area contributed by atoms with Gasteiger partial charge in [-0.15, -0.1) is 5.10 Å². The number of halogens is 2. The molecular weight excluding hydrogens is 506 g/mol. The standard InChI is InChI=1S/C24H32F2N6O4S/c25-24(26)5-3-18(4-6-24)32-27-16-21(29-32)28-22(34)19-2-1-17(30-37(35,36)14-13-33)15-20(19)31-11-9-23(7-8-23)10-12-31/h1-2,15-16,18,30,33H,3-14H2,(H,28,29,34). The van der Waals surface area contributed by atoms with Gasteiger partial charge in [0.2, 0.25) is 15.9 Å².